The van der Waals surface area contributed by atoms with Crippen molar-refractivity contribution < 1.29 is 14.7 Å². The molecule has 3 aromatic rings. The summed E-state index contributed by atoms with van der Waals surface area (Å²) >= 11 is 0. The minimum absolute atomic E-state index is 0.0853. The molecule has 0 spiro atoms. The van der Waals surface area contributed by atoms with Crippen molar-refractivity contribution in [1.29, 1.82) is 0 Å². The van der Waals surface area contributed by atoms with Crippen LogP contribution in [0.25, 0.3) is 0 Å². The summed E-state index contributed by atoms with van der Waals surface area (Å²) in [5, 5.41) is 14.9. The number of carbonyl (C=O) groups excluding carboxylic acids is 2. The van der Waals surface area contributed by atoms with E-state index in [4.69, 9.17) is 0 Å². The summed E-state index contributed by atoms with van der Waals surface area (Å²) in [6.45, 7) is -0.443. The average molecular weight is 405 g/mol. The highest BCUT2D eigenvalue weighted by Gasteiger charge is 2.15. The fourth-order valence-corrected chi connectivity index (χ4v) is 3.03. The number of anilines is 1. The molecule has 1 heterocycles. The van der Waals surface area contributed by atoms with E-state index in [1.165, 1.54) is 16.8 Å². The van der Waals surface area contributed by atoms with Crippen molar-refractivity contribution in [2.45, 2.75) is 19.0 Å². The maximum Gasteiger partial charge on any atom is 0.274 e. The van der Waals surface area contributed by atoms with E-state index >= 15 is 0 Å². The van der Waals surface area contributed by atoms with Gasteiger partial charge in [0.15, 0.2) is 0 Å². The van der Waals surface area contributed by atoms with Crippen LogP contribution in [0.5, 0.6) is 0 Å². The maximum absolute atomic E-state index is 12.6. The molecule has 0 saturated heterocycles. The highest BCUT2D eigenvalue weighted by molar-refractivity contribution is 6.04. The molecule has 154 valence electrons. The zero-order valence-electron chi connectivity index (χ0n) is 16.3. The molecule has 0 saturated carbocycles. The molecule has 0 unspecified atom stereocenters. The molecule has 0 fully saturated rings. The molecule has 2 amide bonds. The van der Waals surface area contributed by atoms with Crippen molar-refractivity contribution in [3.8, 4) is 0 Å². The Hall–Kier alpha value is -3.71. The fourth-order valence-electron chi connectivity index (χ4n) is 3.03. The van der Waals surface area contributed by atoms with Crippen LogP contribution in [0, 0.1) is 0 Å². The molecule has 1 atom stereocenters. The fraction of sp³-hybridized carbons (Fsp3) is 0.174. The number of benzene rings is 2. The molecule has 30 heavy (non-hydrogen) atoms. The molecule has 0 aliphatic rings. The molecule has 1 aromatic heterocycles. The van der Waals surface area contributed by atoms with Crippen molar-refractivity contribution in [3.05, 3.63) is 100 Å². The third-order valence-electron chi connectivity index (χ3n) is 4.53. The van der Waals surface area contributed by atoms with Crippen LogP contribution in [-0.4, -0.2) is 34.1 Å². The summed E-state index contributed by atoms with van der Waals surface area (Å²) in [7, 11) is 0. The number of aliphatic hydroxyl groups is 1. The van der Waals surface area contributed by atoms with Crippen LogP contribution in [0.2, 0.25) is 0 Å². The summed E-state index contributed by atoms with van der Waals surface area (Å²) in [4.78, 5) is 37.3. The largest absolute Gasteiger partial charge is 0.394 e. The second kappa shape index (κ2) is 10.2. The lowest BCUT2D eigenvalue weighted by Crippen LogP contribution is -2.42. The molecule has 3 rings (SSSR count). The third kappa shape index (κ3) is 5.65. The second-order valence-electron chi connectivity index (χ2n) is 6.81. The van der Waals surface area contributed by atoms with Crippen LogP contribution in [0.3, 0.4) is 0 Å². The van der Waals surface area contributed by atoms with Gasteiger partial charge in [0, 0.05) is 11.8 Å². The van der Waals surface area contributed by atoms with E-state index in [0.29, 0.717) is 12.0 Å². The first-order valence-electron chi connectivity index (χ1n) is 9.57. The Labute approximate surface area is 174 Å². The molecule has 0 aliphatic heterocycles. The van der Waals surface area contributed by atoms with Gasteiger partial charge in [-0.05, 0) is 36.2 Å². The minimum Gasteiger partial charge on any atom is -0.394 e. The standard InChI is InChI=1S/C23H23N3O4/c27-16-19(14-17-8-3-1-4-9-17)24-21(28)15-26-13-7-12-20(23(26)30)25-22(29)18-10-5-2-6-11-18/h1-13,19,27H,14-16H2,(H,24,28)(H,25,29)/t19-/m1/s1. The van der Waals surface area contributed by atoms with Gasteiger partial charge in [-0.1, -0.05) is 48.5 Å². The summed E-state index contributed by atoms with van der Waals surface area (Å²) in [6.07, 6.45) is 1.95. The number of rotatable bonds is 8. The van der Waals surface area contributed by atoms with Crippen molar-refractivity contribution in [1.82, 2.24) is 9.88 Å². The number of hydrogen-bond acceptors (Lipinski definition) is 4. The summed E-state index contributed by atoms with van der Waals surface area (Å²) < 4.78 is 1.22. The highest BCUT2D eigenvalue weighted by Crippen LogP contribution is 2.05. The number of amides is 2. The van der Waals surface area contributed by atoms with Crippen LogP contribution in [0.1, 0.15) is 15.9 Å². The molecule has 7 nitrogen and oxygen atoms in total. The van der Waals surface area contributed by atoms with Crippen LogP contribution in [0.4, 0.5) is 5.69 Å². The molecular formula is C23H23N3O4. The number of nitrogens with one attached hydrogen (secondary N) is 2. The van der Waals surface area contributed by atoms with Crippen LogP contribution in [0.15, 0.2) is 83.8 Å². The van der Waals surface area contributed by atoms with Gasteiger partial charge in [0.2, 0.25) is 5.91 Å². The third-order valence-corrected chi connectivity index (χ3v) is 4.53. The van der Waals surface area contributed by atoms with Crippen LogP contribution < -0.4 is 16.2 Å². The number of aromatic nitrogens is 1. The van der Waals surface area contributed by atoms with E-state index in [1.807, 2.05) is 30.3 Å². The van der Waals surface area contributed by atoms with Gasteiger partial charge in [0.25, 0.3) is 11.5 Å². The molecule has 0 radical (unpaired) electrons. The Balaban J connectivity index is 1.64. The Bertz CT molecular complexity index is 1050. The number of carbonyl (C=O) groups is 2. The van der Waals surface area contributed by atoms with Gasteiger partial charge >= 0.3 is 0 Å². The SMILES string of the molecule is O=C(Cn1cccc(NC(=O)c2ccccc2)c1=O)N[C@@H](CO)Cc1ccccc1. The first kappa shape index (κ1) is 21.0. The van der Waals surface area contributed by atoms with Gasteiger partial charge < -0.3 is 20.3 Å². The summed E-state index contributed by atoms with van der Waals surface area (Å²) in [5.74, 6) is -0.809. The van der Waals surface area contributed by atoms with Crippen LogP contribution >= 0.6 is 0 Å². The minimum atomic E-state index is -0.486. The van der Waals surface area contributed by atoms with Gasteiger partial charge in [-0.2, -0.15) is 0 Å². The Morgan fingerprint density at radius 1 is 0.933 bits per heavy atom. The Morgan fingerprint density at radius 2 is 1.60 bits per heavy atom. The van der Waals surface area contributed by atoms with E-state index in [0.717, 1.165) is 5.56 Å². The van der Waals surface area contributed by atoms with Gasteiger partial charge in [-0.15, -0.1) is 0 Å². The molecule has 0 aliphatic carbocycles. The first-order chi connectivity index (χ1) is 14.6. The normalized spacial score (nSPS) is 11.5. The lowest BCUT2D eigenvalue weighted by molar-refractivity contribution is -0.122. The average Bonchev–Trinajstić information content (AvgIpc) is 2.77. The number of aliphatic hydroxyl groups excluding tert-OH is 1. The smallest absolute Gasteiger partial charge is 0.274 e. The molecule has 0 bridgehead atoms. The van der Waals surface area contributed by atoms with E-state index in [9.17, 15) is 19.5 Å². The van der Waals surface area contributed by atoms with E-state index < -0.39 is 23.4 Å². The molecule has 2 aromatic carbocycles. The highest BCUT2D eigenvalue weighted by atomic mass is 16.3. The number of pyridine rings is 1. The van der Waals surface area contributed by atoms with Crippen molar-refractivity contribution in [2.75, 3.05) is 11.9 Å². The predicted octanol–water partition coefficient (Wildman–Crippen LogP) is 1.82. The Morgan fingerprint density at radius 3 is 2.27 bits per heavy atom. The van der Waals surface area contributed by atoms with E-state index in [2.05, 4.69) is 10.6 Å². The topological polar surface area (TPSA) is 100 Å². The summed E-state index contributed by atoms with van der Waals surface area (Å²) in [5.41, 5.74) is 1.01. The lowest BCUT2D eigenvalue weighted by atomic mass is 10.1. The van der Waals surface area contributed by atoms with Crippen molar-refractivity contribution in [2.24, 2.45) is 0 Å². The van der Waals surface area contributed by atoms with Gasteiger partial charge in [-0.3, -0.25) is 14.4 Å². The van der Waals surface area contributed by atoms with Crippen LogP contribution in [-0.2, 0) is 17.8 Å². The molecule has 3 N–H and O–H groups in total. The zero-order chi connectivity index (χ0) is 21.3. The quantitative estimate of drug-likeness (QED) is 0.532. The second-order valence-corrected chi connectivity index (χ2v) is 6.81. The Kier molecular flexibility index (Phi) is 7.13. The first-order valence-corrected chi connectivity index (χ1v) is 9.57. The number of hydrogen-bond donors (Lipinski definition) is 3. The summed E-state index contributed by atoms with van der Waals surface area (Å²) in [6, 6.07) is 20.7. The predicted molar refractivity (Wildman–Crippen MR) is 114 cm³/mol. The van der Waals surface area contributed by atoms with E-state index in [1.54, 1.807) is 36.4 Å². The van der Waals surface area contributed by atoms with Gasteiger partial charge in [0.1, 0.15) is 12.2 Å². The molecule has 7 heteroatoms. The van der Waals surface area contributed by atoms with Gasteiger partial charge in [0.05, 0.1) is 12.6 Å². The van der Waals surface area contributed by atoms with Crippen molar-refractivity contribution >= 4 is 17.5 Å². The zero-order valence-corrected chi connectivity index (χ0v) is 16.3. The number of nitrogens with zero attached hydrogens (tertiary/aromatic N) is 1. The molecular weight excluding hydrogens is 382 g/mol. The lowest BCUT2D eigenvalue weighted by Gasteiger charge is -2.17. The maximum atomic E-state index is 12.6. The van der Waals surface area contributed by atoms with E-state index in [-0.39, 0.29) is 18.8 Å². The van der Waals surface area contributed by atoms with Gasteiger partial charge in [-0.25, -0.2) is 0 Å². The van der Waals surface area contributed by atoms with Crippen molar-refractivity contribution in [3.63, 3.8) is 0 Å². The monoisotopic (exact) mass is 405 g/mol.